The van der Waals surface area contributed by atoms with E-state index in [1.165, 1.54) is 6.92 Å². The summed E-state index contributed by atoms with van der Waals surface area (Å²) in [7, 11) is 0. The third-order valence-corrected chi connectivity index (χ3v) is 2.24. The fraction of sp³-hybridized carbons (Fsp3) is 0.273. The van der Waals surface area contributed by atoms with Gasteiger partial charge < -0.3 is 14.2 Å². The molecule has 0 aliphatic heterocycles. The van der Waals surface area contributed by atoms with Crippen LogP contribution in [0.2, 0.25) is 0 Å². The van der Waals surface area contributed by atoms with Crippen LogP contribution in [0.5, 0.6) is 0 Å². The van der Waals surface area contributed by atoms with E-state index in [0.717, 1.165) is 11.3 Å². The van der Waals surface area contributed by atoms with Crippen molar-refractivity contribution in [2.75, 3.05) is 0 Å². The van der Waals surface area contributed by atoms with Crippen LogP contribution in [0.15, 0.2) is 30.6 Å². The van der Waals surface area contributed by atoms with Crippen LogP contribution in [0.3, 0.4) is 0 Å². The van der Waals surface area contributed by atoms with E-state index in [1.54, 1.807) is 0 Å². The Hall–Kier alpha value is -1.88. The van der Waals surface area contributed by atoms with Crippen molar-refractivity contribution >= 4 is 11.6 Å². The molecule has 16 heavy (non-hydrogen) atoms. The standard InChI is InChI=1S/C11H12N2O3/c1-8(11(14)15)16-7-9-6-13-5-3-2-4-10(13)12-9/h2-6,8H,7H2,1H3,(H,14,15)/t8-/m1/s1. The number of aliphatic carboxylic acids is 1. The van der Waals surface area contributed by atoms with Gasteiger partial charge in [-0.05, 0) is 19.1 Å². The van der Waals surface area contributed by atoms with Crippen molar-refractivity contribution in [2.45, 2.75) is 19.6 Å². The number of carbonyl (C=O) groups is 1. The average Bonchev–Trinajstić information content (AvgIpc) is 2.68. The highest BCUT2D eigenvalue weighted by Gasteiger charge is 2.11. The Kier molecular flexibility index (Phi) is 2.87. The first-order chi connectivity index (χ1) is 7.66. The Bertz CT molecular complexity index is 474. The third kappa shape index (κ3) is 2.20. The molecule has 2 heterocycles. The van der Waals surface area contributed by atoms with E-state index in [9.17, 15) is 4.79 Å². The highest BCUT2D eigenvalue weighted by Crippen LogP contribution is 2.06. The molecule has 0 saturated carbocycles. The lowest BCUT2D eigenvalue weighted by Crippen LogP contribution is -2.19. The molecule has 0 saturated heterocycles. The Morgan fingerprint density at radius 3 is 3.12 bits per heavy atom. The molecule has 2 aromatic rings. The van der Waals surface area contributed by atoms with E-state index < -0.39 is 12.1 Å². The molecule has 0 aliphatic carbocycles. The van der Waals surface area contributed by atoms with E-state index in [2.05, 4.69) is 4.98 Å². The van der Waals surface area contributed by atoms with Crippen LogP contribution >= 0.6 is 0 Å². The monoisotopic (exact) mass is 220 g/mol. The van der Waals surface area contributed by atoms with Crippen LogP contribution in [-0.2, 0) is 16.1 Å². The first-order valence-corrected chi connectivity index (χ1v) is 4.94. The second kappa shape index (κ2) is 4.32. The van der Waals surface area contributed by atoms with E-state index in [0.29, 0.717) is 0 Å². The van der Waals surface area contributed by atoms with Crippen LogP contribution in [0.4, 0.5) is 0 Å². The summed E-state index contributed by atoms with van der Waals surface area (Å²) in [6, 6.07) is 5.68. The molecule has 0 unspecified atom stereocenters. The minimum Gasteiger partial charge on any atom is -0.479 e. The maximum atomic E-state index is 10.5. The Labute approximate surface area is 92.3 Å². The van der Waals surface area contributed by atoms with Gasteiger partial charge in [-0.1, -0.05) is 6.07 Å². The van der Waals surface area contributed by atoms with Gasteiger partial charge in [0.25, 0.3) is 0 Å². The van der Waals surface area contributed by atoms with Crippen LogP contribution in [0.25, 0.3) is 5.65 Å². The fourth-order valence-electron chi connectivity index (χ4n) is 1.34. The Morgan fingerprint density at radius 1 is 1.62 bits per heavy atom. The topological polar surface area (TPSA) is 63.8 Å². The zero-order valence-corrected chi connectivity index (χ0v) is 8.83. The summed E-state index contributed by atoms with van der Waals surface area (Å²) in [5, 5.41) is 8.65. The number of hydrogen-bond donors (Lipinski definition) is 1. The molecular weight excluding hydrogens is 208 g/mol. The minimum absolute atomic E-state index is 0.204. The normalized spacial score (nSPS) is 12.8. The number of fused-ring (bicyclic) bond motifs is 1. The summed E-state index contributed by atoms with van der Waals surface area (Å²) in [6.45, 7) is 1.70. The second-order valence-corrected chi connectivity index (χ2v) is 3.49. The van der Waals surface area contributed by atoms with Crippen molar-refractivity contribution in [1.29, 1.82) is 0 Å². The van der Waals surface area contributed by atoms with Crippen molar-refractivity contribution in [1.82, 2.24) is 9.38 Å². The zero-order chi connectivity index (χ0) is 11.5. The molecule has 5 nitrogen and oxygen atoms in total. The minimum atomic E-state index is -0.969. The van der Waals surface area contributed by atoms with Gasteiger partial charge in [-0.15, -0.1) is 0 Å². The summed E-state index contributed by atoms with van der Waals surface area (Å²) in [5.74, 6) is -0.969. The summed E-state index contributed by atoms with van der Waals surface area (Å²) in [6.07, 6.45) is 2.89. The molecule has 5 heteroatoms. The number of hydrogen-bond acceptors (Lipinski definition) is 3. The van der Waals surface area contributed by atoms with Crippen molar-refractivity contribution in [3.8, 4) is 0 Å². The average molecular weight is 220 g/mol. The van der Waals surface area contributed by atoms with Crippen LogP contribution in [-0.4, -0.2) is 26.6 Å². The molecule has 0 radical (unpaired) electrons. The number of nitrogens with zero attached hydrogens (tertiary/aromatic N) is 2. The van der Waals surface area contributed by atoms with Crippen LogP contribution in [0, 0.1) is 0 Å². The molecule has 1 atom stereocenters. The molecule has 0 aromatic carbocycles. The highest BCUT2D eigenvalue weighted by atomic mass is 16.5. The molecular formula is C11H12N2O3. The molecule has 0 aliphatic rings. The Balaban J connectivity index is 2.07. The molecule has 0 bridgehead atoms. The Morgan fingerprint density at radius 2 is 2.44 bits per heavy atom. The number of carboxylic acids is 1. The largest absolute Gasteiger partial charge is 0.479 e. The van der Waals surface area contributed by atoms with Gasteiger partial charge in [0.1, 0.15) is 5.65 Å². The number of rotatable bonds is 4. The lowest BCUT2D eigenvalue weighted by atomic mass is 10.4. The molecule has 2 aromatic heterocycles. The maximum absolute atomic E-state index is 10.5. The second-order valence-electron chi connectivity index (χ2n) is 3.49. The predicted molar refractivity (Wildman–Crippen MR) is 57.1 cm³/mol. The number of imidazole rings is 1. The van der Waals surface area contributed by atoms with Gasteiger partial charge in [0.15, 0.2) is 6.10 Å². The van der Waals surface area contributed by atoms with E-state index in [4.69, 9.17) is 9.84 Å². The van der Waals surface area contributed by atoms with Crippen LogP contribution in [0.1, 0.15) is 12.6 Å². The molecule has 1 N–H and O–H groups in total. The number of ether oxygens (including phenoxy) is 1. The summed E-state index contributed by atoms with van der Waals surface area (Å²) < 4.78 is 7.01. The van der Waals surface area contributed by atoms with Gasteiger partial charge in [-0.25, -0.2) is 9.78 Å². The first-order valence-electron chi connectivity index (χ1n) is 4.94. The SMILES string of the molecule is C[C@@H](OCc1cn2ccccc2n1)C(=O)O. The van der Waals surface area contributed by atoms with Gasteiger partial charge in [0, 0.05) is 12.4 Å². The third-order valence-electron chi connectivity index (χ3n) is 2.24. The molecule has 0 fully saturated rings. The lowest BCUT2D eigenvalue weighted by Gasteiger charge is -2.05. The summed E-state index contributed by atoms with van der Waals surface area (Å²) in [5.41, 5.74) is 1.54. The van der Waals surface area contributed by atoms with Gasteiger partial charge in [-0.3, -0.25) is 0 Å². The summed E-state index contributed by atoms with van der Waals surface area (Å²) in [4.78, 5) is 14.8. The number of aromatic nitrogens is 2. The van der Waals surface area contributed by atoms with E-state index in [-0.39, 0.29) is 6.61 Å². The maximum Gasteiger partial charge on any atom is 0.332 e. The number of pyridine rings is 1. The first kappa shape index (κ1) is 10.6. The van der Waals surface area contributed by atoms with Crippen molar-refractivity contribution in [3.05, 3.63) is 36.3 Å². The molecule has 0 spiro atoms. The highest BCUT2D eigenvalue weighted by molar-refractivity contribution is 5.71. The van der Waals surface area contributed by atoms with Crippen LogP contribution < -0.4 is 0 Å². The van der Waals surface area contributed by atoms with Gasteiger partial charge in [0.05, 0.1) is 12.3 Å². The van der Waals surface area contributed by atoms with Crippen molar-refractivity contribution < 1.29 is 14.6 Å². The number of carboxylic acid groups (broad SMARTS) is 1. The summed E-state index contributed by atoms with van der Waals surface area (Å²) >= 11 is 0. The lowest BCUT2D eigenvalue weighted by molar-refractivity contribution is -0.149. The van der Waals surface area contributed by atoms with Gasteiger partial charge in [-0.2, -0.15) is 0 Å². The van der Waals surface area contributed by atoms with E-state index >= 15 is 0 Å². The van der Waals surface area contributed by atoms with Gasteiger partial charge in [0.2, 0.25) is 0 Å². The van der Waals surface area contributed by atoms with Crippen molar-refractivity contribution in [3.63, 3.8) is 0 Å². The fourth-order valence-corrected chi connectivity index (χ4v) is 1.34. The van der Waals surface area contributed by atoms with E-state index in [1.807, 2.05) is 35.0 Å². The van der Waals surface area contributed by atoms with Gasteiger partial charge >= 0.3 is 5.97 Å². The molecule has 84 valence electrons. The molecule has 0 amide bonds. The zero-order valence-electron chi connectivity index (χ0n) is 8.83. The van der Waals surface area contributed by atoms with Crippen molar-refractivity contribution in [2.24, 2.45) is 0 Å². The smallest absolute Gasteiger partial charge is 0.332 e. The predicted octanol–water partition coefficient (Wildman–Crippen LogP) is 1.32. The quantitative estimate of drug-likeness (QED) is 0.844. The molecule has 2 rings (SSSR count).